The summed E-state index contributed by atoms with van der Waals surface area (Å²) in [5, 5.41) is 7.81. The maximum absolute atomic E-state index is 5.47. The second-order valence-electron chi connectivity index (χ2n) is 4.74. The molecule has 1 N–H and O–H groups in total. The van der Waals surface area contributed by atoms with Gasteiger partial charge in [0.2, 0.25) is 0 Å². The molecule has 90 valence electrons. The van der Waals surface area contributed by atoms with Gasteiger partial charge in [-0.1, -0.05) is 13.8 Å². The fourth-order valence-electron chi connectivity index (χ4n) is 1.92. The van der Waals surface area contributed by atoms with Crippen LogP contribution in [0.25, 0.3) is 0 Å². The lowest BCUT2D eigenvalue weighted by Gasteiger charge is -2.22. The fourth-order valence-corrected chi connectivity index (χ4v) is 1.92. The Morgan fingerprint density at radius 2 is 2.50 bits per heavy atom. The molecule has 0 radical (unpaired) electrons. The highest BCUT2D eigenvalue weighted by molar-refractivity contribution is 5.04. The smallest absolute Gasteiger partial charge is 0.0753 e. The van der Waals surface area contributed by atoms with Crippen molar-refractivity contribution < 1.29 is 4.74 Å². The normalized spacial score (nSPS) is 21.6. The lowest BCUT2D eigenvalue weighted by Crippen LogP contribution is -2.22. The first kappa shape index (κ1) is 11.6. The molecule has 0 aliphatic carbocycles. The quantitative estimate of drug-likeness (QED) is 0.845. The third kappa shape index (κ3) is 3.06. The Morgan fingerprint density at radius 3 is 3.19 bits per heavy atom. The second kappa shape index (κ2) is 5.46. The highest BCUT2D eigenvalue weighted by Crippen LogP contribution is 2.18. The van der Waals surface area contributed by atoms with Crippen LogP contribution < -0.4 is 5.32 Å². The third-order valence-corrected chi connectivity index (χ3v) is 2.88. The molecule has 1 aliphatic heterocycles. The first-order valence-electron chi connectivity index (χ1n) is 6.10. The monoisotopic (exact) mass is 223 g/mol. The molecule has 4 nitrogen and oxygen atoms in total. The highest BCUT2D eigenvalue weighted by atomic mass is 16.5. The van der Waals surface area contributed by atoms with Gasteiger partial charge in [-0.15, -0.1) is 0 Å². The minimum Gasteiger partial charge on any atom is -0.379 e. The number of hydrogen-bond donors (Lipinski definition) is 1. The van der Waals surface area contributed by atoms with E-state index in [-0.39, 0.29) is 0 Å². The van der Waals surface area contributed by atoms with Crippen LogP contribution in [0.5, 0.6) is 0 Å². The Kier molecular flexibility index (Phi) is 3.96. The van der Waals surface area contributed by atoms with E-state index >= 15 is 0 Å². The molecular weight excluding hydrogens is 202 g/mol. The van der Waals surface area contributed by atoms with Gasteiger partial charge in [0.05, 0.1) is 18.8 Å². The van der Waals surface area contributed by atoms with Crippen molar-refractivity contribution in [3.8, 4) is 0 Å². The zero-order chi connectivity index (χ0) is 11.4. The minimum absolute atomic E-state index is 0.432. The van der Waals surface area contributed by atoms with E-state index in [1.54, 1.807) is 0 Å². The number of ether oxygens (including phenoxy) is 1. The van der Waals surface area contributed by atoms with Gasteiger partial charge in [-0.25, -0.2) is 0 Å². The van der Waals surface area contributed by atoms with Crippen LogP contribution in [0.4, 0.5) is 0 Å². The molecule has 1 saturated heterocycles. The summed E-state index contributed by atoms with van der Waals surface area (Å²) < 4.78 is 7.52. The van der Waals surface area contributed by atoms with Gasteiger partial charge < -0.3 is 10.1 Å². The van der Waals surface area contributed by atoms with Crippen LogP contribution in [0.15, 0.2) is 12.4 Å². The predicted octanol–water partition coefficient (Wildman–Crippen LogP) is 1.73. The molecule has 2 heterocycles. The van der Waals surface area contributed by atoms with Gasteiger partial charge in [0.25, 0.3) is 0 Å². The predicted molar refractivity (Wildman–Crippen MR) is 63.3 cm³/mol. The van der Waals surface area contributed by atoms with Crippen LogP contribution in [0, 0.1) is 0 Å². The van der Waals surface area contributed by atoms with Gasteiger partial charge in [-0.3, -0.25) is 4.68 Å². The summed E-state index contributed by atoms with van der Waals surface area (Å²) in [5.74, 6) is 0. The molecule has 4 heteroatoms. The number of nitrogens with zero attached hydrogens (tertiary/aromatic N) is 2. The molecule has 1 atom stereocenters. The maximum atomic E-state index is 5.47. The summed E-state index contributed by atoms with van der Waals surface area (Å²) in [4.78, 5) is 0. The summed E-state index contributed by atoms with van der Waals surface area (Å²) >= 11 is 0. The van der Waals surface area contributed by atoms with Crippen LogP contribution in [0.2, 0.25) is 0 Å². The molecule has 0 saturated carbocycles. The number of hydrogen-bond acceptors (Lipinski definition) is 3. The zero-order valence-electron chi connectivity index (χ0n) is 10.1. The van der Waals surface area contributed by atoms with Crippen molar-refractivity contribution in [3.63, 3.8) is 0 Å². The molecule has 1 aromatic heterocycles. The summed E-state index contributed by atoms with van der Waals surface area (Å²) in [7, 11) is 0. The van der Waals surface area contributed by atoms with Crippen molar-refractivity contribution in [3.05, 3.63) is 18.0 Å². The summed E-state index contributed by atoms with van der Waals surface area (Å²) in [5.41, 5.74) is 1.25. The Labute approximate surface area is 97.0 Å². The van der Waals surface area contributed by atoms with Gasteiger partial charge in [-0.2, -0.15) is 5.10 Å². The van der Waals surface area contributed by atoms with Crippen LogP contribution in [-0.4, -0.2) is 29.0 Å². The number of nitrogens with one attached hydrogen (secondary N) is 1. The van der Waals surface area contributed by atoms with E-state index in [4.69, 9.17) is 4.74 Å². The van der Waals surface area contributed by atoms with Crippen LogP contribution in [0.1, 0.15) is 38.3 Å². The zero-order valence-corrected chi connectivity index (χ0v) is 10.1. The maximum Gasteiger partial charge on any atom is 0.0753 e. The Bertz CT molecular complexity index is 316. The van der Waals surface area contributed by atoms with E-state index < -0.39 is 0 Å². The molecule has 1 unspecified atom stereocenters. The molecule has 2 rings (SSSR count). The van der Waals surface area contributed by atoms with Crippen molar-refractivity contribution in [1.29, 1.82) is 0 Å². The van der Waals surface area contributed by atoms with E-state index in [0.717, 1.165) is 26.2 Å². The lowest BCUT2D eigenvalue weighted by molar-refractivity contribution is 0.0549. The van der Waals surface area contributed by atoms with E-state index in [2.05, 4.69) is 35.1 Å². The average Bonchev–Trinajstić information content (AvgIpc) is 2.76. The molecule has 0 aromatic carbocycles. The van der Waals surface area contributed by atoms with Gasteiger partial charge in [-0.05, 0) is 12.8 Å². The van der Waals surface area contributed by atoms with E-state index in [9.17, 15) is 0 Å². The molecule has 1 fully saturated rings. The first-order valence-corrected chi connectivity index (χ1v) is 6.10. The first-order chi connectivity index (χ1) is 7.75. The highest BCUT2D eigenvalue weighted by Gasteiger charge is 2.16. The minimum atomic E-state index is 0.432. The summed E-state index contributed by atoms with van der Waals surface area (Å²) in [6.07, 6.45) is 6.40. The van der Waals surface area contributed by atoms with Crippen LogP contribution >= 0.6 is 0 Å². The van der Waals surface area contributed by atoms with Crippen molar-refractivity contribution in [1.82, 2.24) is 15.1 Å². The Hall–Kier alpha value is -0.870. The molecule has 0 spiro atoms. The molecular formula is C12H21N3O. The van der Waals surface area contributed by atoms with Gasteiger partial charge in [0, 0.05) is 31.0 Å². The largest absolute Gasteiger partial charge is 0.379 e. The lowest BCUT2D eigenvalue weighted by atomic mass is 10.1. The van der Waals surface area contributed by atoms with Crippen molar-refractivity contribution >= 4 is 0 Å². The summed E-state index contributed by atoms with van der Waals surface area (Å²) in [6.45, 7) is 6.91. The molecule has 0 bridgehead atoms. The van der Waals surface area contributed by atoms with Crippen molar-refractivity contribution in [2.24, 2.45) is 0 Å². The SMILES string of the molecule is CC(C)NCc1cnn(C2CCCOC2)c1. The topological polar surface area (TPSA) is 39.1 Å². The van der Waals surface area contributed by atoms with E-state index in [1.807, 2.05) is 6.20 Å². The molecule has 0 amide bonds. The van der Waals surface area contributed by atoms with Crippen molar-refractivity contribution in [2.45, 2.75) is 45.3 Å². The fraction of sp³-hybridized carbons (Fsp3) is 0.750. The second-order valence-corrected chi connectivity index (χ2v) is 4.74. The van der Waals surface area contributed by atoms with E-state index in [0.29, 0.717) is 12.1 Å². The number of rotatable bonds is 4. The van der Waals surface area contributed by atoms with Crippen LogP contribution in [0.3, 0.4) is 0 Å². The van der Waals surface area contributed by atoms with Crippen LogP contribution in [-0.2, 0) is 11.3 Å². The summed E-state index contributed by atoms with van der Waals surface area (Å²) in [6, 6.07) is 0.947. The van der Waals surface area contributed by atoms with E-state index in [1.165, 1.54) is 12.0 Å². The average molecular weight is 223 g/mol. The molecule has 1 aromatic rings. The molecule has 16 heavy (non-hydrogen) atoms. The molecule has 1 aliphatic rings. The van der Waals surface area contributed by atoms with Gasteiger partial charge in [0.15, 0.2) is 0 Å². The Balaban J connectivity index is 1.90. The Morgan fingerprint density at radius 1 is 1.62 bits per heavy atom. The standard InChI is InChI=1S/C12H21N3O/c1-10(2)13-6-11-7-14-15(8-11)12-4-3-5-16-9-12/h7-8,10,12-13H,3-6,9H2,1-2H3. The third-order valence-electron chi connectivity index (χ3n) is 2.88. The number of aromatic nitrogens is 2. The van der Waals surface area contributed by atoms with Crippen molar-refractivity contribution in [2.75, 3.05) is 13.2 Å². The van der Waals surface area contributed by atoms with Gasteiger partial charge in [0.1, 0.15) is 0 Å². The van der Waals surface area contributed by atoms with Gasteiger partial charge >= 0.3 is 0 Å².